The number of carboxylic acids is 1. The minimum Gasteiger partial charge on any atom is -0.507 e. The van der Waals surface area contributed by atoms with Crippen molar-refractivity contribution in [3.63, 3.8) is 0 Å². The van der Waals surface area contributed by atoms with Gasteiger partial charge in [0.2, 0.25) is 0 Å². The Morgan fingerprint density at radius 3 is 2.35 bits per heavy atom. The van der Waals surface area contributed by atoms with Gasteiger partial charge in [0.25, 0.3) is 0 Å². The van der Waals surface area contributed by atoms with E-state index < -0.39 is 5.97 Å². The molecule has 0 bridgehead atoms. The lowest BCUT2D eigenvalue weighted by Gasteiger charge is -2.14. The third-order valence-electron chi connectivity index (χ3n) is 4.37. The van der Waals surface area contributed by atoms with Gasteiger partial charge in [-0.2, -0.15) is 0 Å². The molecule has 2 N–H and O–H groups in total. The van der Waals surface area contributed by atoms with Crippen LogP contribution in [-0.2, 0) is 6.42 Å². The number of aromatic carboxylic acids is 1. The Bertz CT molecular complexity index is 927. The molecule has 4 rings (SSSR count). The molecule has 3 nitrogen and oxygen atoms in total. The Kier molecular flexibility index (Phi) is 2.95. The zero-order valence-corrected chi connectivity index (χ0v) is 12.3. The number of hydrogen-bond acceptors (Lipinski definition) is 2. The lowest BCUT2D eigenvalue weighted by Crippen LogP contribution is -2.05. The minimum atomic E-state index is -1.01. The average molecular weight is 302 g/mol. The second-order valence-electron chi connectivity index (χ2n) is 5.68. The zero-order chi connectivity index (χ0) is 16.0. The quantitative estimate of drug-likeness (QED) is 0.579. The number of fused-ring (bicyclic) bond motifs is 3. The van der Waals surface area contributed by atoms with E-state index in [9.17, 15) is 15.0 Å². The van der Waals surface area contributed by atoms with E-state index in [0.717, 1.165) is 22.3 Å². The van der Waals surface area contributed by atoms with E-state index in [0.29, 0.717) is 17.5 Å². The Morgan fingerprint density at radius 1 is 0.913 bits per heavy atom. The van der Waals surface area contributed by atoms with Crippen molar-refractivity contribution in [2.24, 2.45) is 0 Å². The highest BCUT2D eigenvalue weighted by molar-refractivity contribution is 6.03. The smallest absolute Gasteiger partial charge is 0.336 e. The Balaban J connectivity index is 2.05. The van der Waals surface area contributed by atoms with Crippen LogP contribution in [0.15, 0.2) is 60.7 Å². The van der Waals surface area contributed by atoms with Gasteiger partial charge in [0.15, 0.2) is 0 Å². The van der Waals surface area contributed by atoms with Gasteiger partial charge in [-0.1, -0.05) is 54.6 Å². The highest BCUT2D eigenvalue weighted by Gasteiger charge is 2.29. The molecule has 3 heteroatoms. The van der Waals surface area contributed by atoms with Crippen LogP contribution < -0.4 is 0 Å². The van der Waals surface area contributed by atoms with Crippen LogP contribution in [0.3, 0.4) is 0 Å². The number of carboxylic acid groups (broad SMARTS) is 1. The van der Waals surface area contributed by atoms with Crippen LogP contribution in [0.4, 0.5) is 0 Å². The first-order chi connectivity index (χ1) is 11.2. The number of phenolic OH excluding ortho intramolecular Hbond substituents is 1. The number of hydrogen-bond donors (Lipinski definition) is 2. The Labute approximate surface area is 133 Å². The van der Waals surface area contributed by atoms with Gasteiger partial charge in [-0.15, -0.1) is 0 Å². The standard InChI is InChI=1S/C20H14O3/c21-17-11-15-14-9-5-4-8-13(14)10-16(15)19(20(22)23)18(17)12-6-2-1-3-7-12/h1-9,11,21H,10H2,(H,22,23). The molecule has 23 heavy (non-hydrogen) atoms. The first-order valence-corrected chi connectivity index (χ1v) is 7.42. The zero-order valence-electron chi connectivity index (χ0n) is 12.3. The molecule has 0 aliphatic heterocycles. The summed E-state index contributed by atoms with van der Waals surface area (Å²) in [4.78, 5) is 11.9. The summed E-state index contributed by atoms with van der Waals surface area (Å²) < 4.78 is 0. The lowest BCUT2D eigenvalue weighted by atomic mass is 9.91. The second kappa shape index (κ2) is 4.99. The van der Waals surface area contributed by atoms with Crippen LogP contribution in [0, 0.1) is 0 Å². The number of carbonyl (C=O) groups is 1. The fraction of sp³-hybridized carbons (Fsp3) is 0.0500. The number of rotatable bonds is 2. The fourth-order valence-electron chi connectivity index (χ4n) is 3.39. The van der Waals surface area contributed by atoms with Gasteiger partial charge in [0.05, 0.1) is 5.56 Å². The van der Waals surface area contributed by atoms with Crippen LogP contribution >= 0.6 is 0 Å². The maximum atomic E-state index is 11.9. The van der Waals surface area contributed by atoms with E-state index in [4.69, 9.17) is 0 Å². The average Bonchev–Trinajstić information content (AvgIpc) is 2.92. The molecule has 0 aromatic heterocycles. The minimum absolute atomic E-state index is 0.00375. The fourth-order valence-corrected chi connectivity index (χ4v) is 3.39. The number of aromatic hydroxyl groups is 1. The van der Waals surface area contributed by atoms with E-state index in [2.05, 4.69) is 0 Å². The van der Waals surface area contributed by atoms with E-state index >= 15 is 0 Å². The first-order valence-electron chi connectivity index (χ1n) is 7.42. The third-order valence-corrected chi connectivity index (χ3v) is 4.37. The highest BCUT2D eigenvalue weighted by Crippen LogP contribution is 2.45. The highest BCUT2D eigenvalue weighted by atomic mass is 16.4. The van der Waals surface area contributed by atoms with Crippen molar-refractivity contribution >= 4 is 5.97 Å². The molecule has 0 spiro atoms. The molecular formula is C20H14O3. The van der Waals surface area contributed by atoms with Gasteiger partial charge in [-0.3, -0.25) is 0 Å². The Morgan fingerprint density at radius 2 is 1.61 bits per heavy atom. The summed E-state index contributed by atoms with van der Waals surface area (Å²) in [6.45, 7) is 0. The molecule has 0 saturated carbocycles. The SMILES string of the molecule is O=C(O)c1c2c(cc(O)c1-c1ccccc1)-c1ccccc1C2. The summed E-state index contributed by atoms with van der Waals surface area (Å²) in [5.74, 6) is -1.01. The molecule has 1 aliphatic carbocycles. The molecule has 112 valence electrons. The van der Waals surface area contributed by atoms with Crippen LogP contribution in [0.5, 0.6) is 5.75 Å². The van der Waals surface area contributed by atoms with E-state index in [-0.39, 0.29) is 11.3 Å². The predicted octanol–water partition coefficient (Wildman–Crippen LogP) is 4.33. The summed E-state index contributed by atoms with van der Waals surface area (Å²) in [5.41, 5.74) is 4.98. The van der Waals surface area contributed by atoms with Gasteiger partial charge in [-0.25, -0.2) is 4.79 Å². The van der Waals surface area contributed by atoms with Crippen LogP contribution in [0.2, 0.25) is 0 Å². The number of phenols is 1. The van der Waals surface area contributed by atoms with Crippen LogP contribution in [-0.4, -0.2) is 16.2 Å². The maximum Gasteiger partial charge on any atom is 0.336 e. The van der Waals surface area contributed by atoms with Crippen molar-refractivity contribution in [1.82, 2.24) is 0 Å². The molecule has 0 fully saturated rings. The van der Waals surface area contributed by atoms with Crippen LogP contribution in [0.1, 0.15) is 21.5 Å². The molecule has 0 heterocycles. The van der Waals surface area contributed by atoms with Crippen molar-refractivity contribution in [3.05, 3.63) is 77.4 Å². The molecule has 3 aromatic carbocycles. The summed E-state index contributed by atoms with van der Waals surface area (Å²) >= 11 is 0. The molecule has 1 aliphatic rings. The molecule has 0 atom stereocenters. The Hall–Kier alpha value is -3.07. The van der Waals surface area contributed by atoms with Crippen molar-refractivity contribution in [2.75, 3.05) is 0 Å². The molecular weight excluding hydrogens is 288 g/mol. The van der Waals surface area contributed by atoms with Gasteiger partial charge in [-0.05, 0) is 40.3 Å². The summed E-state index contributed by atoms with van der Waals surface area (Å²) in [6.07, 6.45) is 0.577. The van der Waals surface area contributed by atoms with Gasteiger partial charge in [0, 0.05) is 5.56 Å². The molecule has 3 aromatic rings. The van der Waals surface area contributed by atoms with Gasteiger partial charge >= 0.3 is 5.97 Å². The van der Waals surface area contributed by atoms with Crippen molar-refractivity contribution in [1.29, 1.82) is 0 Å². The summed E-state index contributed by atoms with van der Waals surface area (Å²) in [5, 5.41) is 20.3. The molecule has 0 radical (unpaired) electrons. The monoisotopic (exact) mass is 302 g/mol. The van der Waals surface area contributed by atoms with Gasteiger partial charge < -0.3 is 10.2 Å². The van der Waals surface area contributed by atoms with Crippen molar-refractivity contribution in [2.45, 2.75) is 6.42 Å². The summed E-state index contributed by atoms with van der Waals surface area (Å²) in [6, 6.07) is 18.7. The molecule has 0 unspecified atom stereocenters. The first kappa shape index (κ1) is 13.6. The third kappa shape index (κ3) is 2.01. The molecule has 0 amide bonds. The second-order valence-corrected chi connectivity index (χ2v) is 5.68. The maximum absolute atomic E-state index is 11.9. The van der Waals surface area contributed by atoms with E-state index in [1.807, 2.05) is 54.6 Å². The summed E-state index contributed by atoms with van der Waals surface area (Å²) in [7, 11) is 0. The van der Waals surface area contributed by atoms with Crippen molar-refractivity contribution in [3.8, 4) is 28.0 Å². The van der Waals surface area contributed by atoms with E-state index in [1.54, 1.807) is 6.07 Å². The number of benzene rings is 3. The molecule has 0 saturated heterocycles. The predicted molar refractivity (Wildman–Crippen MR) is 88.7 cm³/mol. The van der Waals surface area contributed by atoms with Gasteiger partial charge in [0.1, 0.15) is 5.75 Å². The van der Waals surface area contributed by atoms with Crippen LogP contribution in [0.25, 0.3) is 22.3 Å². The van der Waals surface area contributed by atoms with Crippen molar-refractivity contribution < 1.29 is 15.0 Å². The van der Waals surface area contributed by atoms with E-state index in [1.165, 1.54) is 0 Å². The normalized spacial score (nSPS) is 11.8. The topological polar surface area (TPSA) is 57.5 Å². The lowest BCUT2D eigenvalue weighted by molar-refractivity contribution is 0.0696. The largest absolute Gasteiger partial charge is 0.507 e.